The van der Waals surface area contributed by atoms with Crippen molar-refractivity contribution in [2.45, 2.75) is 68.7 Å². The largest absolute Gasteiger partial charge is 0.383 e. The number of aromatic nitrogens is 2. The molecule has 236 valence electrons. The van der Waals surface area contributed by atoms with Gasteiger partial charge in [-0.2, -0.15) is 0 Å². The molecule has 2 aromatic carbocycles. The Bertz CT molecular complexity index is 1550. The van der Waals surface area contributed by atoms with Gasteiger partial charge in [-0.25, -0.2) is 9.99 Å². The molecule has 2 aliphatic heterocycles. The lowest BCUT2D eigenvalue weighted by atomic mass is 9.97. The van der Waals surface area contributed by atoms with Crippen molar-refractivity contribution < 1.29 is 9.53 Å². The topological polar surface area (TPSA) is 138 Å². The Morgan fingerprint density at radius 1 is 1.07 bits per heavy atom. The normalized spacial score (nSPS) is 28.2. The van der Waals surface area contributed by atoms with Crippen LogP contribution in [0, 0.1) is 11.8 Å². The van der Waals surface area contributed by atoms with E-state index in [-0.39, 0.29) is 24.6 Å². The standard InChI is InChI=1S/C35H44N8O2/c1-38-17-30(39-19-32-25-11-14-28(15-25)43(32)37)23-7-3-21(4-8-23)22-5-9-24(10-6-22)31-18-40-34(41-31)33-26-12-13-27(16-26)42(33)35(44)29(36)20-45-2/h3-10,17-18,25-29,32-33,39H,1,11-16,19-20,36-37H2,2H3,(H,40,41)/b30-17-. The molecule has 3 aromatic rings. The van der Waals surface area contributed by atoms with Gasteiger partial charge in [0.2, 0.25) is 5.91 Å². The maximum absolute atomic E-state index is 13.2. The number of rotatable bonds is 11. The summed E-state index contributed by atoms with van der Waals surface area (Å²) in [6.45, 7) is 4.70. The first kappa shape index (κ1) is 29.9. The number of aromatic amines is 1. The number of fused-ring (bicyclic) bond motifs is 4. The number of nitrogens with one attached hydrogen (secondary N) is 2. The molecule has 3 heterocycles. The van der Waals surface area contributed by atoms with Gasteiger partial charge in [-0.1, -0.05) is 48.5 Å². The Labute approximate surface area is 264 Å². The molecule has 2 saturated heterocycles. The van der Waals surface area contributed by atoms with Gasteiger partial charge in [-0.3, -0.25) is 15.6 Å². The highest BCUT2D eigenvalue weighted by Gasteiger charge is 2.50. The SMILES string of the molecule is C=N/C=C(\NCC1C2CCC(C2)N1N)c1ccc(-c2ccc(-c3cnc(C4C5CCC(C5)N4C(=O)C(N)COC)[nH]3)cc2)cc1. The summed E-state index contributed by atoms with van der Waals surface area (Å²) in [7, 11) is 1.57. The van der Waals surface area contributed by atoms with Crippen LogP contribution in [0.25, 0.3) is 28.1 Å². The summed E-state index contributed by atoms with van der Waals surface area (Å²) in [5.74, 6) is 8.24. The smallest absolute Gasteiger partial charge is 0.242 e. The molecule has 7 unspecified atom stereocenters. The molecule has 6 N–H and O–H groups in total. The summed E-state index contributed by atoms with van der Waals surface area (Å²) in [4.78, 5) is 27.5. The zero-order valence-electron chi connectivity index (χ0n) is 25.9. The molecule has 7 atom stereocenters. The van der Waals surface area contributed by atoms with Crippen molar-refractivity contribution in [2.24, 2.45) is 28.4 Å². The molecule has 7 rings (SSSR count). The van der Waals surface area contributed by atoms with Gasteiger partial charge in [-0.05, 0) is 79.3 Å². The van der Waals surface area contributed by atoms with Crippen LogP contribution >= 0.6 is 0 Å². The molecular weight excluding hydrogens is 564 g/mol. The predicted molar refractivity (Wildman–Crippen MR) is 176 cm³/mol. The first-order chi connectivity index (χ1) is 21.9. The van der Waals surface area contributed by atoms with Gasteiger partial charge in [0.05, 0.1) is 30.2 Å². The molecular formula is C35H44N8O2. The van der Waals surface area contributed by atoms with Gasteiger partial charge >= 0.3 is 0 Å². The summed E-state index contributed by atoms with van der Waals surface area (Å²) >= 11 is 0. The first-order valence-corrected chi connectivity index (χ1v) is 16.2. The number of imidazole rings is 1. The first-order valence-electron chi connectivity index (χ1n) is 16.2. The van der Waals surface area contributed by atoms with E-state index >= 15 is 0 Å². The molecule has 2 saturated carbocycles. The van der Waals surface area contributed by atoms with Crippen molar-refractivity contribution in [3.8, 4) is 22.4 Å². The number of ether oxygens (including phenoxy) is 1. The van der Waals surface area contributed by atoms with Gasteiger partial charge in [0, 0.05) is 38.0 Å². The van der Waals surface area contributed by atoms with Gasteiger partial charge in [0.1, 0.15) is 11.9 Å². The number of hydrogen-bond donors (Lipinski definition) is 4. The van der Waals surface area contributed by atoms with Crippen molar-refractivity contribution in [2.75, 3.05) is 20.3 Å². The zero-order valence-corrected chi connectivity index (χ0v) is 25.9. The average molecular weight is 609 g/mol. The van der Waals surface area contributed by atoms with Crippen molar-refractivity contribution in [3.63, 3.8) is 0 Å². The number of hydrazine groups is 1. The van der Waals surface area contributed by atoms with E-state index in [1.165, 1.54) is 19.3 Å². The summed E-state index contributed by atoms with van der Waals surface area (Å²) in [5, 5.41) is 5.65. The predicted octanol–water partition coefficient (Wildman–Crippen LogP) is 4.08. The number of methoxy groups -OCH3 is 1. The van der Waals surface area contributed by atoms with E-state index in [9.17, 15) is 4.79 Å². The fourth-order valence-corrected chi connectivity index (χ4v) is 8.34. The van der Waals surface area contributed by atoms with Crippen LogP contribution in [0.5, 0.6) is 0 Å². The van der Waals surface area contributed by atoms with Crippen molar-refractivity contribution in [1.82, 2.24) is 25.2 Å². The molecule has 1 amide bonds. The fraction of sp³-hybridized carbons (Fsp3) is 0.457. The Morgan fingerprint density at radius 3 is 2.42 bits per heavy atom. The molecule has 45 heavy (non-hydrogen) atoms. The highest BCUT2D eigenvalue weighted by atomic mass is 16.5. The van der Waals surface area contributed by atoms with E-state index in [1.807, 2.05) is 11.1 Å². The lowest BCUT2D eigenvalue weighted by molar-refractivity contribution is -0.138. The maximum Gasteiger partial charge on any atom is 0.242 e. The summed E-state index contributed by atoms with van der Waals surface area (Å²) in [5.41, 5.74) is 12.4. The van der Waals surface area contributed by atoms with Gasteiger partial charge in [-0.15, -0.1) is 0 Å². The fourth-order valence-electron chi connectivity index (χ4n) is 8.34. The molecule has 4 aliphatic rings. The number of carbonyl (C=O) groups is 1. The Morgan fingerprint density at radius 2 is 1.73 bits per heavy atom. The van der Waals surface area contributed by atoms with Crippen LogP contribution in [0.4, 0.5) is 0 Å². The monoisotopic (exact) mass is 608 g/mol. The molecule has 2 aliphatic carbocycles. The molecule has 10 nitrogen and oxygen atoms in total. The minimum atomic E-state index is -0.658. The molecule has 1 aromatic heterocycles. The number of nitrogens with zero attached hydrogens (tertiary/aromatic N) is 4. The number of piperidine rings is 2. The number of likely N-dealkylation sites (tertiary alicyclic amines) is 1. The molecule has 0 spiro atoms. The van der Waals surface area contributed by atoms with Crippen LogP contribution in [-0.4, -0.2) is 76.9 Å². The minimum Gasteiger partial charge on any atom is -0.383 e. The van der Waals surface area contributed by atoms with Gasteiger partial charge in [0.15, 0.2) is 0 Å². The second kappa shape index (κ2) is 12.5. The summed E-state index contributed by atoms with van der Waals surface area (Å²) in [6.07, 6.45) is 10.5. The number of aliphatic imine (C=N–C) groups is 1. The summed E-state index contributed by atoms with van der Waals surface area (Å²) in [6, 6.07) is 17.4. The maximum atomic E-state index is 13.2. The number of H-pyrrole nitrogens is 1. The van der Waals surface area contributed by atoms with Crippen molar-refractivity contribution in [3.05, 3.63) is 72.3 Å². The third-order valence-corrected chi connectivity index (χ3v) is 10.6. The van der Waals surface area contributed by atoms with E-state index in [0.717, 1.165) is 65.3 Å². The van der Waals surface area contributed by atoms with E-state index in [1.54, 1.807) is 13.3 Å². The van der Waals surface area contributed by atoms with E-state index in [0.29, 0.717) is 23.9 Å². The number of benzene rings is 2. The van der Waals surface area contributed by atoms with Crippen molar-refractivity contribution >= 4 is 18.3 Å². The Hall–Kier alpha value is -3.83. The van der Waals surface area contributed by atoms with Crippen LogP contribution < -0.4 is 16.9 Å². The van der Waals surface area contributed by atoms with Crippen LogP contribution in [-0.2, 0) is 9.53 Å². The van der Waals surface area contributed by atoms with Crippen molar-refractivity contribution in [1.29, 1.82) is 0 Å². The highest BCUT2D eigenvalue weighted by Crippen LogP contribution is 2.50. The molecule has 4 fully saturated rings. The van der Waals surface area contributed by atoms with E-state index in [4.69, 9.17) is 21.3 Å². The number of nitrogens with two attached hydrogens (primary N) is 2. The second-order valence-corrected chi connectivity index (χ2v) is 13.2. The highest BCUT2D eigenvalue weighted by molar-refractivity contribution is 5.83. The average Bonchev–Trinajstić information content (AvgIpc) is 3.91. The van der Waals surface area contributed by atoms with E-state index in [2.05, 4.69) is 75.6 Å². The third-order valence-electron chi connectivity index (χ3n) is 10.6. The Balaban J connectivity index is 1.02. The van der Waals surface area contributed by atoms with Crippen LogP contribution in [0.1, 0.15) is 56.0 Å². The van der Waals surface area contributed by atoms with Crippen LogP contribution in [0.15, 0.2) is 65.9 Å². The molecule has 4 bridgehead atoms. The number of carbonyl (C=O) groups excluding carboxylic acids is 1. The lowest BCUT2D eigenvalue weighted by Crippen LogP contribution is -2.50. The number of hydrogen-bond acceptors (Lipinski definition) is 8. The lowest BCUT2D eigenvalue weighted by Gasteiger charge is -2.35. The third kappa shape index (κ3) is 5.61. The van der Waals surface area contributed by atoms with Crippen LogP contribution in [0.2, 0.25) is 0 Å². The second-order valence-electron chi connectivity index (χ2n) is 13.2. The van der Waals surface area contributed by atoms with Crippen LogP contribution in [0.3, 0.4) is 0 Å². The molecule has 0 radical (unpaired) electrons. The summed E-state index contributed by atoms with van der Waals surface area (Å²) < 4.78 is 5.16. The minimum absolute atomic E-state index is 0.0515. The Kier molecular flexibility index (Phi) is 8.31. The quantitative estimate of drug-likeness (QED) is 0.190. The number of amides is 1. The van der Waals surface area contributed by atoms with E-state index < -0.39 is 6.04 Å². The molecule has 10 heteroatoms. The van der Waals surface area contributed by atoms with Gasteiger partial charge in [0.25, 0.3) is 0 Å². The van der Waals surface area contributed by atoms with Gasteiger partial charge < -0.3 is 25.7 Å². The zero-order chi connectivity index (χ0) is 31.1.